The van der Waals surface area contributed by atoms with E-state index in [0.717, 1.165) is 32.3 Å². The Hall–Kier alpha value is -2.15. The molecule has 0 radical (unpaired) electrons. The molecule has 146 valence electrons. The number of hydrogen-bond donors (Lipinski definition) is 3. The quantitative estimate of drug-likeness (QED) is 0.433. The van der Waals surface area contributed by atoms with Crippen molar-refractivity contribution in [2.75, 3.05) is 17.2 Å². The molecular weight excluding hydrogens is 418 g/mol. The lowest BCUT2D eigenvalue weighted by Gasteiger charge is -2.29. The van der Waals surface area contributed by atoms with Crippen LogP contribution in [0.4, 0.5) is 11.4 Å². The zero-order valence-corrected chi connectivity index (χ0v) is 17.2. The molecular formula is C22H24BrN3O2. The number of fused-ring (bicyclic) bond motifs is 1. The number of benzene rings is 2. The van der Waals surface area contributed by atoms with Crippen LogP contribution in [0.15, 0.2) is 59.2 Å². The minimum atomic E-state index is -0.819. The molecule has 1 aliphatic carbocycles. The first-order chi connectivity index (χ1) is 13.7. The monoisotopic (exact) mass is 441 g/mol. The number of ether oxygens (including phenoxy) is 1. The van der Waals surface area contributed by atoms with Crippen molar-refractivity contribution in [1.82, 2.24) is 4.98 Å². The Bertz CT molecular complexity index is 932. The Morgan fingerprint density at radius 3 is 2.75 bits per heavy atom. The van der Waals surface area contributed by atoms with E-state index in [-0.39, 0.29) is 6.61 Å². The van der Waals surface area contributed by atoms with Gasteiger partial charge in [-0.25, -0.2) is 0 Å². The zero-order valence-electron chi connectivity index (χ0n) is 15.6. The molecule has 1 aliphatic rings. The van der Waals surface area contributed by atoms with Crippen LogP contribution in [0.3, 0.4) is 0 Å². The highest BCUT2D eigenvalue weighted by Crippen LogP contribution is 2.35. The topological polar surface area (TPSA) is 66.4 Å². The fourth-order valence-electron chi connectivity index (χ4n) is 3.27. The summed E-state index contributed by atoms with van der Waals surface area (Å²) >= 11 is 3.51. The molecule has 1 saturated carbocycles. The van der Waals surface area contributed by atoms with Crippen molar-refractivity contribution in [3.8, 4) is 0 Å². The van der Waals surface area contributed by atoms with Gasteiger partial charge in [-0.3, -0.25) is 4.98 Å². The number of pyridine rings is 1. The van der Waals surface area contributed by atoms with Gasteiger partial charge in [0.05, 0.1) is 36.3 Å². The van der Waals surface area contributed by atoms with Crippen molar-refractivity contribution in [2.45, 2.75) is 38.1 Å². The molecule has 0 amide bonds. The number of nitrogens with zero attached hydrogens (tertiary/aromatic N) is 1. The first-order valence-corrected chi connectivity index (χ1v) is 10.4. The molecule has 4 rings (SSSR count). The molecule has 1 atom stereocenters. The predicted octanol–water partition coefficient (Wildman–Crippen LogP) is 4.91. The molecule has 0 spiro atoms. The Balaban J connectivity index is 1.47. The van der Waals surface area contributed by atoms with Gasteiger partial charge in [0.15, 0.2) is 0 Å². The molecule has 3 aromatic rings. The van der Waals surface area contributed by atoms with Crippen LogP contribution in [-0.2, 0) is 11.3 Å². The van der Waals surface area contributed by atoms with Crippen LogP contribution in [0, 0.1) is 0 Å². The molecule has 0 bridgehead atoms. The summed E-state index contributed by atoms with van der Waals surface area (Å²) in [6.07, 6.45) is 4.55. The number of rotatable bonds is 8. The number of aliphatic hydroxyl groups is 1. The Labute approximate surface area is 173 Å². The van der Waals surface area contributed by atoms with Crippen LogP contribution in [0.2, 0.25) is 0 Å². The normalized spacial score (nSPS) is 15.2. The smallest absolute Gasteiger partial charge is 0.148 e. The van der Waals surface area contributed by atoms with Crippen molar-refractivity contribution in [3.05, 3.63) is 64.8 Å². The third-order valence-electron chi connectivity index (χ3n) is 4.99. The molecule has 2 aromatic carbocycles. The first kappa shape index (κ1) is 19.2. The van der Waals surface area contributed by atoms with Gasteiger partial charge in [-0.15, -0.1) is 0 Å². The third kappa shape index (κ3) is 4.63. The van der Waals surface area contributed by atoms with Gasteiger partial charge >= 0.3 is 0 Å². The van der Waals surface area contributed by atoms with Gasteiger partial charge in [-0.1, -0.05) is 46.3 Å². The predicted molar refractivity (Wildman–Crippen MR) is 116 cm³/mol. The minimum absolute atomic E-state index is 0.191. The summed E-state index contributed by atoms with van der Waals surface area (Å²) in [7, 11) is 0. The standard InChI is InChI=1S/C22H24BrN3O2/c23-16-9-10-18-19(11-16)24-12-20(22(18)25-17-7-4-8-17)26-21(27)14-28-13-15-5-2-1-3-6-15/h1-3,5-6,9-12,17,21,26-27H,4,7-8,13-14H2,(H,24,25). The molecule has 28 heavy (non-hydrogen) atoms. The van der Waals surface area contributed by atoms with Crippen LogP contribution in [0.1, 0.15) is 24.8 Å². The van der Waals surface area contributed by atoms with Crippen LogP contribution in [0.25, 0.3) is 10.9 Å². The van der Waals surface area contributed by atoms with E-state index < -0.39 is 6.23 Å². The summed E-state index contributed by atoms with van der Waals surface area (Å²) in [4.78, 5) is 4.55. The van der Waals surface area contributed by atoms with Crippen LogP contribution in [-0.4, -0.2) is 29.0 Å². The van der Waals surface area contributed by atoms with Crippen LogP contribution < -0.4 is 10.6 Å². The summed E-state index contributed by atoms with van der Waals surface area (Å²) in [6.45, 7) is 0.660. The van der Waals surface area contributed by atoms with Crippen molar-refractivity contribution < 1.29 is 9.84 Å². The average Bonchev–Trinajstić information content (AvgIpc) is 2.66. The Morgan fingerprint density at radius 1 is 1.18 bits per heavy atom. The molecule has 1 unspecified atom stereocenters. The number of anilines is 2. The van der Waals surface area contributed by atoms with E-state index in [1.54, 1.807) is 6.20 Å². The summed E-state index contributed by atoms with van der Waals surface area (Å²) in [5.74, 6) is 0. The molecule has 3 N–H and O–H groups in total. The third-order valence-corrected chi connectivity index (χ3v) is 5.49. The summed E-state index contributed by atoms with van der Waals surface area (Å²) < 4.78 is 6.65. The van der Waals surface area contributed by atoms with Gasteiger partial charge in [0.1, 0.15) is 6.23 Å². The van der Waals surface area contributed by atoms with Crippen molar-refractivity contribution in [3.63, 3.8) is 0 Å². The lowest BCUT2D eigenvalue weighted by molar-refractivity contribution is 0.0418. The second-order valence-corrected chi connectivity index (χ2v) is 8.06. The molecule has 6 heteroatoms. The van der Waals surface area contributed by atoms with Gasteiger partial charge in [0.2, 0.25) is 0 Å². The number of hydrogen-bond acceptors (Lipinski definition) is 5. The van der Waals surface area contributed by atoms with Crippen LogP contribution >= 0.6 is 15.9 Å². The number of halogens is 1. The van der Waals surface area contributed by atoms with Crippen LogP contribution in [0.5, 0.6) is 0 Å². The number of aromatic nitrogens is 1. The Morgan fingerprint density at radius 2 is 2.00 bits per heavy atom. The van der Waals surface area contributed by atoms with Crippen molar-refractivity contribution in [1.29, 1.82) is 0 Å². The first-order valence-electron chi connectivity index (χ1n) is 9.60. The summed E-state index contributed by atoms with van der Waals surface area (Å²) in [5.41, 5.74) is 3.78. The lowest BCUT2D eigenvalue weighted by Crippen LogP contribution is -2.29. The van der Waals surface area contributed by atoms with E-state index >= 15 is 0 Å². The minimum Gasteiger partial charge on any atom is -0.380 e. The highest BCUT2D eigenvalue weighted by atomic mass is 79.9. The number of aliphatic hydroxyl groups excluding tert-OH is 1. The second-order valence-electron chi connectivity index (χ2n) is 7.14. The van der Waals surface area contributed by atoms with E-state index in [0.29, 0.717) is 12.6 Å². The fourth-order valence-corrected chi connectivity index (χ4v) is 3.62. The van der Waals surface area contributed by atoms with E-state index in [1.165, 1.54) is 19.3 Å². The van der Waals surface area contributed by atoms with E-state index in [1.807, 2.05) is 42.5 Å². The van der Waals surface area contributed by atoms with E-state index in [4.69, 9.17) is 4.74 Å². The van der Waals surface area contributed by atoms with E-state index in [9.17, 15) is 5.11 Å². The summed E-state index contributed by atoms with van der Waals surface area (Å²) in [5, 5.41) is 18.2. The molecule has 1 aromatic heterocycles. The highest BCUT2D eigenvalue weighted by Gasteiger charge is 2.20. The molecule has 0 aliphatic heterocycles. The SMILES string of the molecule is OC(COCc1ccccc1)Nc1cnc2cc(Br)ccc2c1NC1CCC1. The van der Waals surface area contributed by atoms with Gasteiger partial charge in [-0.2, -0.15) is 0 Å². The van der Waals surface area contributed by atoms with E-state index in [2.05, 4.69) is 37.6 Å². The zero-order chi connectivity index (χ0) is 19.3. The van der Waals surface area contributed by atoms with Gasteiger partial charge in [0.25, 0.3) is 0 Å². The van der Waals surface area contributed by atoms with Gasteiger partial charge in [-0.05, 0) is 43.0 Å². The molecule has 1 fully saturated rings. The lowest BCUT2D eigenvalue weighted by atomic mass is 9.92. The number of nitrogens with one attached hydrogen (secondary N) is 2. The summed E-state index contributed by atoms with van der Waals surface area (Å²) in [6, 6.07) is 16.5. The molecule has 5 nitrogen and oxygen atoms in total. The second kappa shape index (κ2) is 8.90. The van der Waals surface area contributed by atoms with Gasteiger partial charge < -0.3 is 20.5 Å². The maximum absolute atomic E-state index is 10.4. The van der Waals surface area contributed by atoms with Gasteiger partial charge in [0, 0.05) is 15.9 Å². The molecule has 1 heterocycles. The van der Waals surface area contributed by atoms with Crippen molar-refractivity contribution >= 4 is 38.2 Å². The average molecular weight is 442 g/mol. The maximum atomic E-state index is 10.4. The Kier molecular flexibility index (Phi) is 6.10. The fraction of sp³-hybridized carbons (Fsp3) is 0.318. The maximum Gasteiger partial charge on any atom is 0.148 e. The highest BCUT2D eigenvalue weighted by molar-refractivity contribution is 9.10. The van der Waals surface area contributed by atoms with Crippen molar-refractivity contribution in [2.24, 2.45) is 0 Å². The molecule has 0 saturated heterocycles. The largest absolute Gasteiger partial charge is 0.380 e.